The summed E-state index contributed by atoms with van der Waals surface area (Å²) in [6, 6.07) is 12.5. The van der Waals surface area contributed by atoms with Gasteiger partial charge in [-0.25, -0.2) is 4.98 Å². The largest absolute Gasteiger partial charge is 0.454 e. The van der Waals surface area contributed by atoms with Gasteiger partial charge in [0.1, 0.15) is 6.26 Å². The van der Waals surface area contributed by atoms with Gasteiger partial charge in [0.25, 0.3) is 5.91 Å². The molecule has 0 spiro atoms. The molecule has 1 amide bonds. The first-order chi connectivity index (χ1) is 15.9. The zero-order valence-corrected chi connectivity index (χ0v) is 19.7. The quantitative estimate of drug-likeness (QED) is 0.514. The minimum absolute atomic E-state index is 0.213. The van der Waals surface area contributed by atoms with E-state index in [-0.39, 0.29) is 12.7 Å². The number of hydrogen-bond donors (Lipinski definition) is 1. The highest BCUT2D eigenvalue weighted by Crippen LogP contribution is 2.33. The van der Waals surface area contributed by atoms with Gasteiger partial charge in [-0.15, -0.1) is 0 Å². The fourth-order valence-corrected chi connectivity index (χ4v) is 3.80. The van der Waals surface area contributed by atoms with Gasteiger partial charge in [0.05, 0.1) is 6.54 Å². The predicted octanol–water partition coefficient (Wildman–Crippen LogP) is 4.61. The number of aromatic nitrogens is 1. The Morgan fingerprint density at radius 2 is 1.88 bits per heavy atom. The van der Waals surface area contributed by atoms with E-state index in [2.05, 4.69) is 61.1 Å². The van der Waals surface area contributed by atoms with E-state index in [0.29, 0.717) is 37.1 Å². The summed E-state index contributed by atoms with van der Waals surface area (Å²) in [6.07, 6.45) is 1.43. The van der Waals surface area contributed by atoms with Crippen molar-refractivity contribution in [2.45, 2.75) is 47.3 Å². The molecule has 7 heteroatoms. The molecule has 33 heavy (non-hydrogen) atoms. The van der Waals surface area contributed by atoms with Crippen LogP contribution < -0.4 is 14.8 Å². The number of nitrogens with one attached hydrogen (secondary N) is 1. The molecule has 1 N–H and O–H groups in total. The van der Waals surface area contributed by atoms with Crippen LogP contribution in [-0.2, 0) is 19.6 Å². The van der Waals surface area contributed by atoms with Gasteiger partial charge in [0.15, 0.2) is 17.2 Å². The van der Waals surface area contributed by atoms with Crippen LogP contribution in [0.5, 0.6) is 11.5 Å². The Hall–Kier alpha value is -3.32. The van der Waals surface area contributed by atoms with Crippen LogP contribution in [0.4, 0.5) is 0 Å². The second-order valence-electron chi connectivity index (χ2n) is 8.99. The van der Waals surface area contributed by atoms with Crippen molar-refractivity contribution in [2.75, 3.05) is 13.3 Å². The highest BCUT2D eigenvalue weighted by atomic mass is 16.7. The molecular formula is C26H31N3O4. The summed E-state index contributed by atoms with van der Waals surface area (Å²) in [5.41, 5.74) is 5.13. The second-order valence-corrected chi connectivity index (χ2v) is 8.99. The van der Waals surface area contributed by atoms with Crippen molar-refractivity contribution in [3.8, 4) is 11.5 Å². The zero-order valence-electron chi connectivity index (χ0n) is 19.7. The van der Waals surface area contributed by atoms with E-state index >= 15 is 0 Å². The number of nitrogens with zero attached hydrogens (tertiary/aromatic N) is 2. The van der Waals surface area contributed by atoms with Crippen LogP contribution in [0.2, 0.25) is 0 Å². The lowest BCUT2D eigenvalue weighted by atomic mass is 10.0. The Labute approximate surface area is 194 Å². The number of rotatable bonds is 9. The average Bonchev–Trinajstić information content (AvgIpc) is 3.43. The molecule has 0 saturated heterocycles. The number of carbonyl (C=O) groups is 1. The smallest absolute Gasteiger partial charge is 0.273 e. The van der Waals surface area contributed by atoms with E-state index in [1.807, 2.05) is 18.2 Å². The summed E-state index contributed by atoms with van der Waals surface area (Å²) in [5.74, 6) is 2.20. The third kappa shape index (κ3) is 5.93. The molecular weight excluding hydrogens is 418 g/mol. The predicted molar refractivity (Wildman–Crippen MR) is 125 cm³/mol. The number of carbonyl (C=O) groups excluding carboxylic acids is 1. The van der Waals surface area contributed by atoms with Gasteiger partial charge in [-0.3, -0.25) is 9.69 Å². The monoisotopic (exact) mass is 449 g/mol. The highest BCUT2D eigenvalue weighted by Gasteiger charge is 2.18. The van der Waals surface area contributed by atoms with E-state index in [1.165, 1.54) is 23.0 Å². The van der Waals surface area contributed by atoms with Crippen molar-refractivity contribution < 1.29 is 18.7 Å². The van der Waals surface area contributed by atoms with Crippen LogP contribution in [0.3, 0.4) is 0 Å². The molecule has 2 aromatic carbocycles. The molecule has 7 nitrogen and oxygen atoms in total. The molecule has 0 saturated carbocycles. The molecule has 1 aliphatic heterocycles. The van der Waals surface area contributed by atoms with Gasteiger partial charge in [-0.1, -0.05) is 43.7 Å². The van der Waals surface area contributed by atoms with Crippen LogP contribution in [0.1, 0.15) is 52.5 Å². The number of aryl methyl sites for hydroxylation is 2. The molecule has 0 aliphatic carbocycles. The number of ether oxygens (including phenoxy) is 2. The van der Waals surface area contributed by atoms with Crippen LogP contribution in [0.25, 0.3) is 0 Å². The summed E-state index contributed by atoms with van der Waals surface area (Å²) in [7, 11) is 0. The topological polar surface area (TPSA) is 76.8 Å². The van der Waals surface area contributed by atoms with Crippen LogP contribution >= 0.6 is 0 Å². The van der Waals surface area contributed by atoms with Gasteiger partial charge >= 0.3 is 0 Å². The Morgan fingerprint density at radius 1 is 1.06 bits per heavy atom. The third-order valence-electron chi connectivity index (χ3n) is 5.55. The SMILES string of the molecule is Cc1ccc(CN(Cc2ccc3c(c2)OCO3)Cc2nc(C(=O)NCC(C)C)co2)c(C)c1. The maximum Gasteiger partial charge on any atom is 0.273 e. The average molecular weight is 450 g/mol. The number of amides is 1. The van der Waals surface area contributed by atoms with Crippen LogP contribution in [0, 0.1) is 19.8 Å². The highest BCUT2D eigenvalue weighted by molar-refractivity contribution is 5.91. The van der Waals surface area contributed by atoms with Crippen LogP contribution in [0.15, 0.2) is 47.1 Å². The lowest BCUT2D eigenvalue weighted by Gasteiger charge is -2.22. The summed E-state index contributed by atoms with van der Waals surface area (Å²) in [5, 5.41) is 2.88. The first-order valence-corrected chi connectivity index (χ1v) is 11.3. The van der Waals surface area contributed by atoms with Gasteiger partial charge in [-0.05, 0) is 48.6 Å². The van der Waals surface area contributed by atoms with Crippen molar-refractivity contribution in [3.05, 3.63) is 76.5 Å². The molecule has 0 radical (unpaired) electrons. The Bertz CT molecular complexity index is 1120. The zero-order chi connectivity index (χ0) is 23.4. The first kappa shape index (κ1) is 22.9. The molecule has 2 heterocycles. The van der Waals surface area contributed by atoms with Gasteiger partial charge in [0, 0.05) is 19.6 Å². The van der Waals surface area contributed by atoms with Gasteiger partial charge in [-0.2, -0.15) is 0 Å². The fraction of sp³-hybridized carbons (Fsp3) is 0.385. The summed E-state index contributed by atoms with van der Waals surface area (Å²) >= 11 is 0. The Balaban J connectivity index is 1.52. The minimum Gasteiger partial charge on any atom is -0.454 e. The van der Waals surface area contributed by atoms with Crippen LogP contribution in [-0.4, -0.2) is 29.1 Å². The number of fused-ring (bicyclic) bond motifs is 1. The second kappa shape index (κ2) is 10.1. The number of benzene rings is 2. The molecule has 174 valence electrons. The number of hydrogen-bond acceptors (Lipinski definition) is 6. The van der Waals surface area contributed by atoms with Gasteiger partial charge < -0.3 is 19.2 Å². The minimum atomic E-state index is -0.213. The molecule has 0 fully saturated rings. The third-order valence-corrected chi connectivity index (χ3v) is 5.55. The van der Waals surface area contributed by atoms with Crippen molar-refractivity contribution in [3.63, 3.8) is 0 Å². The van der Waals surface area contributed by atoms with Crippen molar-refractivity contribution in [2.24, 2.45) is 5.92 Å². The number of oxazole rings is 1. The summed E-state index contributed by atoms with van der Waals surface area (Å²) in [6.45, 7) is 11.0. The van der Waals surface area contributed by atoms with Gasteiger partial charge in [0.2, 0.25) is 12.7 Å². The Morgan fingerprint density at radius 3 is 2.67 bits per heavy atom. The molecule has 4 rings (SSSR count). The first-order valence-electron chi connectivity index (χ1n) is 11.3. The molecule has 0 bridgehead atoms. The molecule has 1 aromatic heterocycles. The molecule has 0 atom stereocenters. The molecule has 3 aromatic rings. The summed E-state index contributed by atoms with van der Waals surface area (Å²) < 4.78 is 16.6. The van der Waals surface area contributed by atoms with E-state index in [0.717, 1.165) is 23.6 Å². The lowest BCUT2D eigenvalue weighted by molar-refractivity contribution is 0.0944. The van der Waals surface area contributed by atoms with E-state index in [4.69, 9.17) is 13.9 Å². The normalized spacial score (nSPS) is 12.5. The fourth-order valence-electron chi connectivity index (χ4n) is 3.80. The maximum absolute atomic E-state index is 12.3. The molecule has 1 aliphatic rings. The maximum atomic E-state index is 12.3. The standard InChI is InChI=1S/C26H31N3O4/c1-17(2)11-27-26(30)22-15-31-25(28-22)14-29(13-21-7-5-18(3)9-19(21)4)12-20-6-8-23-24(10-20)33-16-32-23/h5-10,15,17H,11-14,16H2,1-4H3,(H,27,30). The summed E-state index contributed by atoms with van der Waals surface area (Å²) in [4.78, 5) is 19.0. The van der Waals surface area contributed by atoms with Crippen molar-refractivity contribution >= 4 is 5.91 Å². The van der Waals surface area contributed by atoms with Crippen molar-refractivity contribution in [1.29, 1.82) is 0 Å². The molecule has 0 unspecified atom stereocenters. The Kier molecular flexibility index (Phi) is 6.99. The van der Waals surface area contributed by atoms with E-state index in [1.54, 1.807) is 0 Å². The van der Waals surface area contributed by atoms with E-state index in [9.17, 15) is 4.79 Å². The van der Waals surface area contributed by atoms with E-state index < -0.39 is 0 Å². The van der Waals surface area contributed by atoms with Crippen molar-refractivity contribution in [1.82, 2.24) is 15.2 Å². The lowest BCUT2D eigenvalue weighted by Crippen LogP contribution is -2.27.